The van der Waals surface area contributed by atoms with Crippen LogP contribution >= 0.6 is 0 Å². The average molecular weight is 531 g/mol. The SMILES string of the molecule is Cc1c(C)c(S(=O)(=O)O)c(F)c(F)c1OC(=O)CCOCCOCCOCCOCCOCCO. The first-order valence-electron chi connectivity index (χ1n) is 10.8. The topological polar surface area (TPSA) is 147 Å². The van der Waals surface area contributed by atoms with Crippen LogP contribution in [0, 0.1) is 25.5 Å². The van der Waals surface area contributed by atoms with Crippen molar-refractivity contribution < 1.29 is 60.1 Å². The second-order valence-corrected chi connectivity index (χ2v) is 8.38. The molecule has 0 fully saturated rings. The van der Waals surface area contributed by atoms with Crippen LogP contribution in [-0.2, 0) is 38.6 Å². The van der Waals surface area contributed by atoms with Gasteiger partial charge in [-0.3, -0.25) is 9.35 Å². The van der Waals surface area contributed by atoms with Gasteiger partial charge in [0.2, 0.25) is 5.82 Å². The van der Waals surface area contributed by atoms with Gasteiger partial charge in [-0.05, 0) is 25.0 Å². The Kier molecular flexibility index (Phi) is 15.0. The lowest BCUT2D eigenvalue weighted by Gasteiger charge is -2.14. The Bertz CT molecular complexity index is 865. The van der Waals surface area contributed by atoms with Gasteiger partial charge in [-0.2, -0.15) is 12.8 Å². The third kappa shape index (κ3) is 11.7. The Hall–Kier alpha value is -1.78. The highest BCUT2D eigenvalue weighted by Gasteiger charge is 2.29. The van der Waals surface area contributed by atoms with Crippen molar-refractivity contribution in [1.82, 2.24) is 0 Å². The van der Waals surface area contributed by atoms with E-state index in [0.29, 0.717) is 39.6 Å². The molecular formula is C21H32F2O11S. The monoisotopic (exact) mass is 530 g/mol. The van der Waals surface area contributed by atoms with E-state index in [1.807, 2.05) is 0 Å². The third-order valence-electron chi connectivity index (χ3n) is 4.48. The van der Waals surface area contributed by atoms with Gasteiger partial charge in [0, 0.05) is 0 Å². The molecule has 0 amide bonds. The molecule has 0 aliphatic heterocycles. The highest BCUT2D eigenvalue weighted by atomic mass is 32.2. The standard InChI is InChI=1S/C21H32F2O11S/c1-15-16(2)21(35(26,27)28)19(23)18(22)20(15)34-17(25)3-5-29-7-9-31-11-13-33-14-12-32-10-8-30-6-4-24/h24H,3-14H2,1-2H3,(H,26,27,28). The van der Waals surface area contributed by atoms with Crippen LogP contribution in [0.4, 0.5) is 8.78 Å². The van der Waals surface area contributed by atoms with E-state index < -0.39 is 38.4 Å². The second-order valence-electron chi connectivity index (χ2n) is 7.02. The predicted molar refractivity (Wildman–Crippen MR) is 117 cm³/mol. The molecular weight excluding hydrogens is 498 g/mol. The number of ether oxygens (including phenoxy) is 6. The van der Waals surface area contributed by atoms with Crippen molar-refractivity contribution in [3.8, 4) is 5.75 Å². The van der Waals surface area contributed by atoms with Gasteiger partial charge in [0.1, 0.15) is 4.90 Å². The van der Waals surface area contributed by atoms with Gasteiger partial charge in [0.15, 0.2) is 11.6 Å². The Labute approximate surface area is 203 Å². The fourth-order valence-corrected chi connectivity index (χ4v) is 3.52. The molecule has 14 heteroatoms. The summed E-state index contributed by atoms with van der Waals surface area (Å²) in [6, 6.07) is 0. The molecule has 0 aromatic heterocycles. The molecule has 0 saturated heterocycles. The van der Waals surface area contributed by atoms with Crippen LogP contribution in [0.2, 0.25) is 0 Å². The van der Waals surface area contributed by atoms with Crippen molar-refractivity contribution in [3.63, 3.8) is 0 Å². The van der Waals surface area contributed by atoms with Gasteiger partial charge in [-0.1, -0.05) is 0 Å². The summed E-state index contributed by atoms with van der Waals surface area (Å²) in [6.07, 6.45) is -0.270. The number of hydrogen-bond acceptors (Lipinski definition) is 10. The van der Waals surface area contributed by atoms with E-state index in [0.717, 1.165) is 6.92 Å². The first-order valence-corrected chi connectivity index (χ1v) is 12.2. The summed E-state index contributed by atoms with van der Waals surface area (Å²) in [5.41, 5.74) is -0.414. The van der Waals surface area contributed by atoms with Crippen molar-refractivity contribution in [2.45, 2.75) is 25.2 Å². The molecule has 202 valence electrons. The summed E-state index contributed by atoms with van der Waals surface area (Å²) in [5, 5.41) is 8.53. The first-order chi connectivity index (χ1) is 16.6. The highest BCUT2D eigenvalue weighted by Crippen LogP contribution is 2.33. The fraction of sp³-hybridized carbons (Fsp3) is 0.667. The molecule has 0 unspecified atom stereocenters. The molecule has 1 aromatic rings. The lowest BCUT2D eigenvalue weighted by atomic mass is 10.1. The molecule has 0 saturated carbocycles. The maximum Gasteiger partial charge on any atom is 0.313 e. The predicted octanol–water partition coefficient (Wildman–Crippen LogP) is 1.20. The van der Waals surface area contributed by atoms with Crippen molar-refractivity contribution in [3.05, 3.63) is 22.8 Å². The molecule has 0 spiro atoms. The number of esters is 1. The highest BCUT2D eigenvalue weighted by molar-refractivity contribution is 7.85. The van der Waals surface area contributed by atoms with E-state index in [-0.39, 0.29) is 50.6 Å². The fourth-order valence-electron chi connectivity index (χ4n) is 2.66. The number of rotatable bonds is 19. The van der Waals surface area contributed by atoms with Gasteiger partial charge in [0.25, 0.3) is 10.1 Å². The van der Waals surface area contributed by atoms with Crippen molar-refractivity contribution >= 4 is 16.1 Å². The van der Waals surface area contributed by atoms with Crippen LogP contribution in [0.3, 0.4) is 0 Å². The Morgan fingerprint density at radius 2 is 1.17 bits per heavy atom. The van der Waals surface area contributed by atoms with E-state index in [1.165, 1.54) is 6.92 Å². The van der Waals surface area contributed by atoms with Crippen LogP contribution < -0.4 is 4.74 Å². The summed E-state index contributed by atoms with van der Waals surface area (Å²) in [5.74, 6) is -5.18. The number of carbonyl (C=O) groups is 1. The maximum atomic E-state index is 14.2. The van der Waals surface area contributed by atoms with E-state index in [9.17, 15) is 22.0 Å². The van der Waals surface area contributed by atoms with E-state index in [1.54, 1.807) is 0 Å². The van der Waals surface area contributed by atoms with Gasteiger partial charge in [-0.15, -0.1) is 0 Å². The summed E-state index contributed by atoms with van der Waals surface area (Å²) in [7, 11) is -5.00. The van der Waals surface area contributed by atoms with E-state index in [2.05, 4.69) is 0 Å². The zero-order valence-electron chi connectivity index (χ0n) is 19.7. The summed E-state index contributed by atoms with van der Waals surface area (Å²) in [6.45, 7) is 5.28. The van der Waals surface area contributed by atoms with Crippen molar-refractivity contribution in [2.24, 2.45) is 0 Å². The molecule has 1 aromatic carbocycles. The molecule has 1 rings (SSSR count). The number of benzene rings is 1. The Morgan fingerprint density at radius 3 is 1.60 bits per heavy atom. The molecule has 2 N–H and O–H groups in total. The molecule has 0 bridgehead atoms. The Balaban J connectivity index is 2.17. The summed E-state index contributed by atoms with van der Waals surface area (Å²) in [4.78, 5) is 10.7. The molecule has 0 atom stereocenters. The minimum atomic E-state index is -5.00. The number of carbonyl (C=O) groups excluding carboxylic acids is 1. The Morgan fingerprint density at radius 1 is 0.743 bits per heavy atom. The lowest BCUT2D eigenvalue weighted by molar-refractivity contribution is -0.136. The van der Waals surface area contributed by atoms with E-state index >= 15 is 0 Å². The maximum absolute atomic E-state index is 14.2. The van der Waals surface area contributed by atoms with Gasteiger partial charge in [0.05, 0.1) is 79.1 Å². The molecule has 35 heavy (non-hydrogen) atoms. The third-order valence-corrected chi connectivity index (χ3v) is 5.48. The minimum absolute atomic E-state index is 0.0252. The molecule has 0 aliphatic carbocycles. The number of aliphatic hydroxyl groups excluding tert-OH is 1. The largest absolute Gasteiger partial charge is 0.423 e. The number of halogens is 2. The molecule has 0 radical (unpaired) electrons. The van der Waals surface area contributed by atoms with Crippen LogP contribution in [0.5, 0.6) is 5.75 Å². The minimum Gasteiger partial charge on any atom is -0.423 e. The second kappa shape index (κ2) is 16.8. The average Bonchev–Trinajstić information content (AvgIpc) is 2.79. The number of hydrogen-bond donors (Lipinski definition) is 2. The zero-order valence-corrected chi connectivity index (χ0v) is 20.5. The summed E-state index contributed by atoms with van der Waals surface area (Å²) < 4.78 is 90.9. The van der Waals surface area contributed by atoms with Gasteiger partial charge in [-0.25, -0.2) is 4.39 Å². The first kappa shape index (κ1) is 31.3. The van der Waals surface area contributed by atoms with Crippen LogP contribution in [0.1, 0.15) is 17.5 Å². The quantitative estimate of drug-likeness (QED) is 0.115. The molecule has 0 heterocycles. The molecule has 0 aliphatic rings. The van der Waals surface area contributed by atoms with Gasteiger partial charge < -0.3 is 33.5 Å². The zero-order chi connectivity index (χ0) is 26.3. The van der Waals surface area contributed by atoms with Crippen LogP contribution in [0.25, 0.3) is 0 Å². The van der Waals surface area contributed by atoms with Crippen molar-refractivity contribution in [2.75, 3.05) is 72.7 Å². The number of aliphatic hydroxyl groups is 1. The lowest BCUT2D eigenvalue weighted by Crippen LogP contribution is -2.17. The van der Waals surface area contributed by atoms with Gasteiger partial charge >= 0.3 is 5.97 Å². The summed E-state index contributed by atoms with van der Waals surface area (Å²) >= 11 is 0. The van der Waals surface area contributed by atoms with Crippen LogP contribution in [0.15, 0.2) is 4.90 Å². The normalized spacial score (nSPS) is 11.7. The smallest absolute Gasteiger partial charge is 0.313 e. The molecule has 11 nitrogen and oxygen atoms in total. The van der Waals surface area contributed by atoms with E-state index in [4.69, 9.17) is 38.1 Å². The van der Waals surface area contributed by atoms with Crippen LogP contribution in [-0.4, -0.2) is 96.7 Å². The van der Waals surface area contributed by atoms with Crippen molar-refractivity contribution in [1.29, 1.82) is 0 Å².